The molecule has 2 heterocycles. The second-order valence-corrected chi connectivity index (χ2v) is 4.89. The van der Waals surface area contributed by atoms with Crippen LogP contribution in [0.2, 0.25) is 0 Å². The van der Waals surface area contributed by atoms with E-state index < -0.39 is 0 Å². The molecular weight excluding hydrogens is 262 g/mol. The molecule has 0 fully saturated rings. The number of thiazole rings is 1. The maximum Gasteiger partial charge on any atom is 0.183 e. The maximum absolute atomic E-state index is 5.35. The fourth-order valence-electron chi connectivity index (χ4n) is 1.76. The van der Waals surface area contributed by atoms with Crippen LogP contribution in [0.3, 0.4) is 0 Å². The smallest absolute Gasteiger partial charge is 0.183 e. The Kier molecular flexibility index (Phi) is 4.70. The number of nitrogens with one attached hydrogen (secondary N) is 1. The highest BCUT2D eigenvalue weighted by Crippen LogP contribution is 2.29. The second kappa shape index (κ2) is 6.49. The normalized spacial score (nSPS) is 12.2. The number of rotatable bonds is 6. The highest BCUT2D eigenvalue weighted by Gasteiger charge is 2.13. The molecule has 19 heavy (non-hydrogen) atoms. The van der Waals surface area contributed by atoms with Crippen LogP contribution < -0.4 is 14.8 Å². The van der Waals surface area contributed by atoms with E-state index in [1.165, 1.54) is 0 Å². The van der Waals surface area contributed by atoms with Gasteiger partial charge in [-0.2, -0.15) is 0 Å². The third-order valence-electron chi connectivity index (χ3n) is 2.76. The van der Waals surface area contributed by atoms with Crippen LogP contribution in [0.1, 0.15) is 23.7 Å². The molecular formula is C13H17N3O2S. The van der Waals surface area contributed by atoms with E-state index in [0.717, 1.165) is 10.7 Å². The van der Waals surface area contributed by atoms with Crippen LogP contribution in [0.4, 0.5) is 0 Å². The molecule has 0 saturated carbocycles. The zero-order chi connectivity index (χ0) is 13.7. The molecule has 102 valence electrons. The number of methoxy groups -OCH3 is 2. The van der Waals surface area contributed by atoms with Gasteiger partial charge in [0.05, 0.1) is 26.0 Å². The summed E-state index contributed by atoms with van der Waals surface area (Å²) in [5.41, 5.74) is 0.824. The van der Waals surface area contributed by atoms with Crippen molar-refractivity contribution in [2.75, 3.05) is 14.2 Å². The average molecular weight is 279 g/mol. The first-order valence-corrected chi connectivity index (χ1v) is 6.82. The summed E-state index contributed by atoms with van der Waals surface area (Å²) in [6.07, 6.45) is 3.52. The lowest BCUT2D eigenvalue weighted by atomic mass is 10.2. The summed E-state index contributed by atoms with van der Waals surface area (Å²) >= 11 is 1.63. The molecule has 2 aromatic rings. The molecule has 1 atom stereocenters. The first-order valence-electron chi connectivity index (χ1n) is 5.95. The van der Waals surface area contributed by atoms with Crippen molar-refractivity contribution in [3.63, 3.8) is 0 Å². The predicted molar refractivity (Wildman–Crippen MR) is 74.7 cm³/mol. The van der Waals surface area contributed by atoms with Crippen molar-refractivity contribution < 1.29 is 9.47 Å². The van der Waals surface area contributed by atoms with Crippen molar-refractivity contribution >= 4 is 11.3 Å². The predicted octanol–water partition coefficient (Wildman–Crippen LogP) is 2.41. The fourth-order valence-corrected chi connectivity index (χ4v) is 2.43. The lowest BCUT2D eigenvalue weighted by Crippen LogP contribution is -2.19. The van der Waals surface area contributed by atoms with E-state index >= 15 is 0 Å². The van der Waals surface area contributed by atoms with Crippen LogP contribution in [-0.4, -0.2) is 24.2 Å². The van der Waals surface area contributed by atoms with Crippen LogP contribution in [0.25, 0.3) is 0 Å². The van der Waals surface area contributed by atoms with E-state index in [1.54, 1.807) is 37.8 Å². The molecule has 0 aromatic carbocycles. The molecule has 0 radical (unpaired) electrons. The molecule has 0 aliphatic carbocycles. The summed E-state index contributed by atoms with van der Waals surface area (Å²) in [6.45, 7) is 2.67. The molecule has 0 saturated heterocycles. The molecule has 2 aromatic heterocycles. The standard InChI is InChI=1S/C13H17N3O2S/c1-9(13-15-6-7-19-13)16-8-10-12(18-3)11(17-2)4-5-14-10/h4-7,9,16H,8H2,1-3H3. The highest BCUT2D eigenvalue weighted by molar-refractivity contribution is 7.09. The number of ether oxygens (including phenoxy) is 2. The first-order chi connectivity index (χ1) is 9.26. The summed E-state index contributed by atoms with van der Waals surface area (Å²) in [5, 5.41) is 6.40. The van der Waals surface area contributed by atoms with Crippen LogP contribution >= 0.6 is 11.3 Å². The van der Waals surface area contributed by atoms with Crippen molar-refractivity contribution in [2.45, 2.75) is 19.5 Å². The summed E-state index contributed by atoms with van der Waals surface area (Å²) in [4.78, 5) is 8.61. The van der Waals surface area contributed by atoms with Gasteiger partial charge in [-0.1, -0.05) is 0 Å². The average Bonchev–Trinajstić information content (AvgIpc) is 2.98. The largest absolute Gasteiger partial charge is 0.493 e. The van der Waals surface area contributed by atoms with Gasteiger partial charge in [0.2, 0.25) is 0 Å². The molecule has 0 aliphatic rings. The Morgan fingerprint density at radius 1 is 1.26 bits per heavy atom. The molecule has 0 spiro atoms. The molecule has 5 nitrogen and oxygen atoms in total. The minimum atomic E-state index is 0.178. The van der Waals surface area contributed by atoms with Gasteiger partial charge in [-0.25, -0.2) is 4.98 Å². The van der Waals surface area contributed by atoms with Crippen LogP contribution in [0.15, 0.2) is 23.8 Å². The number of hydrogen-bond acceptors (Lipinski definition) is 6. The van der Waals surface area contributed by atoms with Crippen molar-refractivity contribution in [1.82, 2.24) is 15.3 Å². The Hall–Kier alpha value is -1.66. The van der Waals surface area contributed by atoms with Gasteiger partial charge < -0.3 is 14.8 Å². The van der Waals surface area contributed by atoms with Crippen molar-refractivity contribution in [2.24, 2.45) is 0 Å². The molecule has 2 rings (SSSR count). The number of aromatic nitrogens is 2. The highest BCUT2D eigenvalue weighted by atomic mass is 32.1. The number of pyridine rings is 1. The van der Waals surface area contributed by atoms with Crippen molar-refractivity contribution in [1.29, 1.82) is 0 Å². The Balaban J connectivity index is 2.07. The van der Waals surface area contributed by atoms with Gasteiger partial charge in [-0.3, -0.25) is 4.98 Å². The van der Waals surface area contributed by atoms with Gasteiger partial charge in [-0.15, -0.1) is 11.3 Å². The van der Waals surface area contributed by atoms with E-state index in [2.05, 4.69) is 22.2 Å². The van der Waals surface area contributed by atoms with Crippen LogP contribution in [-0.2, 0) is 6.54 Å². The number of hydrogen-bond donors (Lipinski definition) is 1. The Labute approximate surface area is 116 Å². The van der Waals surface area contributed by atoms with Gasteiger partial charge in [0.25, 0.3) is 0 Å². The molecule has 1 N–H and O–H groups in total. The van der Waals surface area contributed by atoms with E-state index in [4.69, 9.17) is 9.47 Å². The van der Waals surface area contributed by atoms with Crippen molar-refractivity contribution in [3.8, 4) is 11.5 Å². The van der Waals surface area contributed by atoms with E-state index in [-0.39, 0.29) is 6.04 Å². The number of nitrogens with zero attached hydrogens (tertiary/aromatic N) is 2. The third-order valence-corrected chi connectivity index (χ3v) is 3.72. The summed E-state index contributed by atoms with van der Waals surface area (Å²) < 4.78 is 10.6. The first kappa shape index (κ1) is 13.8. The van der Waals surface area contributed by atoms with E-state index in [9.17, 15) is 0 Å². The second-order valence-electron chi connectivity index (χ2n) is 3.97. The third kappa shape index (κ3) is 3.21. The molecule has 6 heteroatoms. The minimum absolute atomic E-state index is 0.178. The zero-order valence-electron chi connectivity index (χ0n) is 11.2. The van der Waals surface area contributed by atoms with Crippen LogP contribution in [0.5, 0.6) is 11.5 Å². The summed E-state index contributed by atoms with van der Waals surface area (Å²) in [5.74, 6) is 1.36. The lowest BCUT2D eigenvalue weighted by Gasteiger charge is -2.14. The topological polar surface area (TPSA) is 56.3 Å². The molecule has 1 unspecified atom stereocenters. The Bertz CT molecular complexity index is 517. The van der Waals surface area contributed by atoms with Gasteiger partial charge in [0, 0.05) is 30.4 Å². The summed E-state index contributed by atoms with van der Waals surface area (Å²) in [6, 6.07) is 1.96. The molecule has 0 aliphatic heterocycles. The van der Waals surface area contributed by atoms with Gasteiger partial charge in [0.1, 0.15) is 5.01 Å². The van der Waals surface area contributed by atoms with Gasteiger partial charge in [-0.05, 0) is 6.92 Å². The quantitative estimate of drug-likeness (QED) is 0.880. The Morgan fingerprint density at radius 2 is 2.11 bits per heavy atom. The van der Waals surface area contributed by atoms with Gasteiger partial charge in [0.15, 0.2) is 11.5 Å². The zero-order valence-corrected chi connectivity index (χ0v) is 12.0. The Morgan fingerprint density at radius 3 is 2.74 bits per heavy atom. The fraction of sp³-hybridized carbons (Fsp3) is 0.385. The minimum Gasteiger partial charge on any atom is -0.493 e. The van der Waals surface area contributed by atoms with E-state index in [1.807, 2.05) is 11.6 Å². The summed E-state index contributed by atoms with van der Waals surface area (Å²) in [7, 11) is 3.24. The molecule has 0 amide bonds. The van der Waals surface area contributed by atoms with Gasteiger partial charge >= 0.3 is 0 Å². The van der Waals surface area contributed by atoms with E-state index in [0.29, 0.717) is 18.0 Å². The maximum atomic E-state index is 5.35. The van der Waals surface area contributed by atoms with Crippen LogP contribution in [0, 0.1) is 0 Å². The lowest BCUT2D eigenvalue weighted by molar-refractivity contribution is 0.347. The SMILES string of the molecule is COc1ccnc(CNC(C)c2nccs2)c1OC. The monoisotopic (exact) mass is 279 g/mol. The molecule has 0 bridgehead atoms. The van der Waals surface area contributed by atoms with Crippen molar-refractivity contribution in [3.05, 3.63) is 34.5 Å².